The first kappa shape index (κ1) is 14.5. The molecule has 0 amide bonds. The maximum absolute atomic E-state index is 12.7. The average molecular weight is 333 g/mol. The molecule has 0 bridgehead atoms. The van der Waals surface area contributed by atoms with Gasteiger partial charge in [0.15, 0.2) is 11.5 Å². The standard InChI is InChI=1S/C19H11NO3S/c20-9-13(7-14-10-24-18-4-2-1-3-15(14)18)19(21)12-5-6-16-17(8-12)23-11-22-16/h1-8,10H,11H2/b13-7+. The number of nitriles is 1. The van der Waals surface area contributed by atoms with Crippen LogP contribution in [0.2, 0.25) is 0 Å². The zero-order chi connectivity index (χ0) is 16.5. The summed E-state index contributed by atoms with van der Waals surface area (Å²) in [6.07, 6.45) is 1.64. The summed E-state index contributed by atoms with van der Waals surface area (Å²) in [5.41, 5.74) is 1.38. The number of fused-ring (bicyclic) bond motifs is 2. The van der Waals surface area contributed by atoms with Crippen molar-refractivity contribution in [2.45, 2.75) is 0 Å². The Morgan fingerprint density at radius 2 is 2.00 bits per heavy atom. The van der Waals surface area contributed by atoms with Crippen LogP contribution in [0.3, 0.4) is 0 Å². The van der Waals surface area contributed by atoms with Gasteiger partial charge in [-0.15, -0.1) is 11.3 Å². The van der Waals surface area contributed by atoms with E-state index < -0.39 is 0 Å². The van der Waals surface area contributed by atoms with Crippen molar-refractivity contribution in [2.24, 2.45) is 0 Å². The lowest BCUT2D eigenvalue weighted by molar-refractivity contribution is 0.103. The predicted molar refractivity (Wildman–Crippen MR) is 92.3 cm³/mol. The Bertz CT molecular complexity index is 1030. The third-order valence-electron chi connectivity index (χ3n) is 3.81. The van der Waals surface area contributed by atoms with E-state index in [9.17, 15) is 10.1 Å². The van der Waals surface area contributed by atoms with Gasteiger partial charge in [-0.05, 0) is 46.7 Å². The van der Waals surface area contributed by atoms with Gasteiger partial charge in [-0.1, -0.05) is 18.2 Å². The van der Waals surface area contributed by atoms with E-state index in [1.54, 1.807) is 35.6 Å². The summed E-state index contributed by atoms with van der Waals surface area (Å²) >= 11 is 1.59. The highest BCUT2D eigenvalue weighted by Gasteiger charge is 2.19. The number of allylic oxidation sites excluding steroid dienone is 1. The van der Waals surface area contributed by atoms with Gasteiger partial charge in [0.25, 0.3) is 0 Å². The lowest BCUT2D eigenvalue weighted by Gasteiger charge is -2.02. The molecule has 0 saturated heterocycles. The van der Waals surface area contributed by atoms with Crippen molar-refractivity contribution in [1.29, 1.82) is 5.26 Å². The molecule has 0 atom stereocenters. The maximum Gasteiger partial charge on any atom is 0.231 e. The van der Waals surface area contributed by atoms with Crippen molar-refractivity contribution in [3.63, 3.8) is 0 Å². The van der Waals surface area contributed by atoms with Gasteiger partial charge in [-0.25, -0.2) is 0 Å². The Hall–Kier alpha value is -3.10. The number of thiophene rings is 1. The Labute approximate surface area is 142 Å². The Morgan fingerprint density at radius 3 is 2.88 bits per heavy atom. The molecule has 0 aliphatic carbocycles. The van der Waals surface area contributed by atoms with E-state index in [0.717, 1.165) is 15.6 Å². The van der Waals surface area contributed by atoms with Crippen LogP contribution in [0.4, 0.5) is 0 Å². The van der Waals surface area contributed by atoms with Crippen LogP contribution in [0.15, 0.2) is 53.4 Å². The largest absolute Gasteiger partial charge is 0.454 e. The summed E-state index contributed by atoms with van der Waals surface area (Å²) in [4.78, 5) is 12.7. The van der Waals surface area contributed by atoms with Gasteiger partial charge in [0.1, 0.15) is 11.6 Å². The lowest BCUT2D eigenvalue weighted by atomic mass is 10.0. The van der Waals surface area contributed by atoms with E-state index >= 15 is 0 Å². The van der Waals surface area contributed by atoms with Crippen molar-refractivity contribution in [3.8, 4) is 17.6 Å². The fraction of sp³-hybridized carbons (Fsp3) is 0.0526. The fourth-order valence-corrected chi connectivity index (χ4v) is 3.53. The molecule has 0 N–H and O–H groups in total. The van der Waals surface area contributed by atoms with Crippen LogP contribution in [0.5, 0.6) is 11.5 Å². The molecule has 4 nitrogen and oxygen atoms in total. The average Bonchev–Trinajstić information content (AvgIpc) is 3.25. The van der Waals surface area contributed by atoms with Crippen LogP contribution in [0.25, 0.3) is 16.2 Å². The topological polar surface area (TPSA) is 59.3 Å². The number of ketones is 1. The van der Waals surface area contributed by atoms with Crippen LogP contribution < -0.4 is 9.47 Å². The third kappa shape index (κ3) is 2.43. The van der Waals surface area contributed by atoms with E-state index in [-0.39, 0.29) is 18.1 Å². The van der Waals surface area contributed by atoms with Gasteiger partial charge in [-0.3, -0.25) is 4.79 Å². The summed E-state index contributed by atoms with van der Waals surface area (Å²) in [6.45, 7) is 0.148. The molecule has 0 spiro atoms. The number of hydrogen-bond acceptors (Lipinski definition) is 5. The molecule has 1 aromatic heterocycles. The number of Topliss-reactive ketones (excluding diaryl/α,β-unsaturated/α-hetero) is 1. The van der Waals surface area contributed by atoms with Gasteiger partial charge in [0, 0.05) is 10.3 Å². The molecule has 116 valence electrons. The SMILES string of the molecule is N#C/C(=C\c1csc2ccccc12)C(=O)c1ccc2c(c1)OCO2. The van der Waals surface area contributed by atoms with E-state index in [0.29, 0.717) is 17.1 Å². The zero-order valence-corrected chi connectivity index (χ0v) is 13.3. The number of hydrogen-bond donors (Lipinski definition) is 0. The highest BCUT2D eigenvalue weighted by molar-refractivity contribution is 7.17. The minimum Gasteiger partial charge on any atom is -0.454 e. The molecule has 0 unspecified atom stereocenters. The van der Waals surface area contributed by atoms with Crippen molar-refractivity contribution in [2.75, 3.05) is 6.79 Å². The molecular weight excluding hydrogens is 322 g/mol. The molecule has 24 heavy (non-hydrogen) atoms. The summed E-state index contributed by atoms with van der Waals surface area (Å²) in [5, 5.41) is 12.4. The van der Waals surface area contributed by atoms with Crippen LogP contribution in [0.1, 0.15) is 15.9 Å². The Balaban J connectivity index is 1.73. The Morgan fingerprint density at radius 1 is 1.17 bits per heavy atom. The smallest absolute Gasteiger partial charge is 0.231 e. The van der Waals surface area contributed by atoms with E-state index in [1.807, 2.05) is 35.7 Å². The highest BCUT2D eigenvalue weighted by Crippen LogP contribution is 2.33. The van der Waals surface area contributed by atoms with Gasteiger partial charge in [0.2, 0.25) is 12.6 Å². The van der Waals surface area contributed by atoms with Crippen molar-refractivity contribution < 1.29 is 14.3 Å². The summed E-state index contributed by atoms with van der Waals surface area (Å²) in [7, 11) is 0. The number of rotatable bonds is 3. The van der Waals surface area contributed by atoms with Gasteiger partial charge < -0.3 is 9.47 Å². The van der Waals surface area contributed by atoms with E-state index in [2.05, 4.69) is 0 Å². The second kappa shape index (κ2) is 5.84. The monoisotopic (exact) mass is 333 g/mol. The molecule has 0 radical (unpaired) electrons. The molecule has 2 heterocycles. The first-order valence-electron chi connectivity index (χ1n) is 7.28. The van der Waals surface area contributed by atoms with E-state index in [4.69, 9.17) is 9.47 Å². The van der Waals surface area contributed by atoms with Crippen molar-refractivity contribution in [1.82, 2.24) is 0 Å². The second-order valence-electron chi connectivity index (χ2n) is 5.25. The first-order chi connectivity index (χ1) is 11.8. The summed E-state index contributed by atoms with van der Waals surface area (Å²) in [5.74, 6) is 0.808. The van der Waals surface area contributed by atoms with Crippen LogP contribution in [-0.2, 0) is 0 Å². The van der Waals surface area contributed by atoms with Crippen LogP contribution >= 0.6 is 11.3 Å². The molecule has 1 aliphatic heterocycles. The van der Waals surface area contributed by atoms with E-state index in [1.165, 1.54) is 0 Å². The number of carbonyl (C=O) groups excluding carboxylic acids is 1. The third-order valence-corrected chi connectivity index (χ3v) is 4.79. The molecule has 2 aromatic carbocycles. The molecule has 0 saturated carbocycles. The zero-order valence-electron chi connectivity index (χ0n) is 12.5. The molecular formula is C19H11NO3S. The van der Waals surface area contributed by atoms with Crippen molar-refractivity contribution >= 4 is 33.3 Å². The fourth-order valence-electron chi connectivity index (χ4n) is 2.61. The number of carbonyl (C=O) groups is 1. The number of nitrogens with zero attached hydrogens (tertiary/aromatic N) is 1. The Kier molecular flexibility index (Phi) is 3.52. The molecule has 3 aromatic rings. The normalized spacial score (nSPS) is 13.0. The molecule has 5 heteroatoms. The maximum atomic E-state index is 12.7. The first-order valence-corrected chi connectivity index (χ1v) is 8.16. The predicted octanol–water partition coefficient (Wildman–Crippen LogP) is 4.42. The highest BCUT2D eigenvalue weighted by atomic mass is 32.1. The number of ether oxygens (including phenoxy) is 2. The molecule has 1 aliphatic rings. The summed E-state index contributed by atoms with van der Waals surface area (Å²) < 4.78 is 11.7. The molecule has 0 fully saturated rings. The van der Waals surface area contributed by atoms with Gasteiger partial charge in [0.05, 0.1) is 0 Å². The second-order valence-corrected chi connectivity index (χ2v) is 6.17. The van der Waals surface area contributed by atoms with Gasteiger partial charge in [-0.2, -0.15) is 5.26 Å². The van der Waals surface area contributed by atoms with Gasteiger partial charge >= 0.3 is 0 Å². The minimum absolute atomic E-state index is 0.0948. The summed E-state index contributed by atoms with van der Waals surface area (Å²) in [6, 6.07) is 14.9. The van der Waals surface area contributed by atoms with Crippen LogP contribution in [0, 0.1) is 11.3 Å². The quantitative estimate of drug-likeness (QED) is 0.404. The number of benzene rings is 2. The van der Waals surface area contributed by atoms with Crippen molar-refractivity contribution in [3.05, 3.63) is 64.5 Å². The van der Waals surface area contributed by atoms with Crippen LogP contribution in [-0.4, -0.2) is 12.6 Å². The lowest BCUT2D eigenvalue weighted by Crippen LogP contribution is -2.01. The molecule has 4 rings (SSSR count). The minimum atomic E-state index is -0.328.